The molecule has 0 bridgehead atoms. The lowest BCUT2D eigenvalue weighted by Crippen LogP contribution is -2.40. The zero-order valence-electron chi connectivity index (χ0n) is 11.6. The van der Waals surface area contributed by atoms with Crippen molar-refractivity contribution in [1.29, 1.82) is 0 Å². The van der Waals surface area contributed by atoms with Crippen molar-refractivity contribution in [1.82, 2.24) is 4.90 Å². The fraction of sp³-hybridized carbons (Fsp3) is 0.600. The molecule has 1 aromatic heterocycles. The topological polar surface area (TPSA) is 57.6 Å². The van der Waals surface area contributed by atoms with Gasteiger partial charge in [0.05, 0.1) is 0 Å². The van der Waals surface area contributed by atoms with E-state index in [2.05, 4.69) is 17.5 Å². The standard InChI is InChI=1S/C15H21NO3S/c17-14(16-10-4-8-13(16)15(18)19)9-3-1-2-6-12-7-5-11-20-12/h5,7,11,13H,1-4,6,8-10H2,(H,18,19). The van der Waals surface area contributed by atoms with E-state index in [1.807, 2.05) is 0 Å². The summed E-state index contributed by atoms with van der Waals surface area (Å²) in [6, 6.07) is 3.61. The third-order valence-electron chi connectivity index (χ3n) is 3.75. The number of unbranched alkanes of at least 4 members (excludes halogenated alkanes) is 2. The maximum atomic E-state index is 12.0. The first-order chi connectivity index (χ1) is 9.68. The van der Waals surface area contributed by atoms with Crippen molar-refractivity contribution in [3.05, 3.63) is 22.4 Å². The van der Waals surface area contributed by atoms with Gasteiger partial charge in [0, 0.05) is 17.8 Å². The van der Waals surface area contributed by atoms with Gasteiger partial charge in [-0.25, -0.2) is 4.79 Å². The molecule has 0 aliphatic carbocycles. The van der Waals surface area contributed by atoms with Gasteiger partial charge in [0.25, 0.3) is 0 Å². The first-order valence-corrected chi connectivity index (χ1v) is 8.11. The number of carboxylic acid groups (broad SMARTS) is 1. The van der Waals surface area contributed by atoms with Crippen molar-refractivity contribution in [2.45, 2.75) is 51.0 Å². The number of aliphatic carboxylic acids is 1. The van der Waals surface area contributed by atoms with E-state index in [1.54, 1.807) is 16.2 Å². The Hall–Kier alpha value is -1.36. The fourth-order valence-corrected chi connectivity index (χ4v) is 3.42. The van der Waals surface area contributed by atoms with E-state index >= 15 is 0 Å². The van der Waals surface area contributed by atoms with Crippen molar-refractivity contribution in [3.8, 4) is 0 Å². The molecule has 0 radical (unpaired) electrons. The lowest BCUT2D eigenvalue weighted by molar-refractivity contribution is -0.148. The predicted molar refractivity (Wildman–Crippen MR) is 78.9 cm³/mol. The summed E-state index contributed by atoms with van der Waals surface area (Å²) in [6.45, 7) is 0.602. The highest BCUT2D eigenvalue weighted by molar-refractivity contribution is 7.09. The van der Waals surface area contributed by atoms with Gasteiger partial charge in [0.15, 0.2) is 0 Å². The van der Waals surface area contributed by atoms with Crippen LogP contribution in [0.3, 0.4) is 0 Å². The van der Waals surface area contributed by atoms with Crippen LogP contribution in [0.4, 0.5) is 0 Å². The molecule has 110 valence electrons. The van der Waals surface area contributed by atoms with Gasteiger partial charge in [0.2, 0.25) is 5.91 Å². The average Bonchev–Trinajstić information content (AvgIpc) is 3.09. The lowest BCUT2D eigenvalue weighted by Gasteiger charge is -2.21. The maximum absolute atomic E-state index is 12.0. The number of likely N-dealkylation sites (tertiary alicyclic amines) is 1. The van der Waals surface area contributed by atoms with E-state index < -0.39 is 12.0 Å². The second-order valence-electron chi connectivity index (χ2n) is 5.22. The number of nitrogens with zero attached hydrogens (tertiary/aromatic N) is 1. The van der Waals surface area contributed by atoms with Crippen molar-refractivity contribution in [2.75, 3.05) is 6.54 Å². The Morgan fingerprint density at radius 3 is 2.90 bits per heavy atom. The van der Waals surface area contributed by atoms with Crippen LogP contribution < -0.4 is 0 Å². The van der Waals surface area contributed by atoms with Gasteiger partial charge >= 0.3 is 5.97 Å². The molecule has 1 aliphatic heterocycles. The second kappa shape index (κ2) is 7.43. The van der Waals surface area contributed by atoms with Crippen LogP contribution >= 0.6 is 11.3 Å². The number of aryl methyl sites for hydroxylation is 1. The van der Waals surface area contributed by atoms with Crippen molar-refractivity contribution in [2.24, 2.45) is 0 Å². The van der Waals surface area contributed by atoms with Crippen molar-refractivity contribution in [3.63, 3.8) is 0 Å². The Bertz CT molecular complexity index is 444. The molecule has 0 saturated carbocycles. The molecular formula is C15H21NO3S. The van der Waals surface area contributed by atoms with E-state index in [0.29, 0.717) is 19.4 Å². The zero-order valence-corrected chi connectivity index (χ0v) is 12.4. The summed E-state index contributed by atoms with van der Waals surface area (Å²) in [5, 5.41) is 11.1. The van der Waals surface area contributed by atoms with Gasteiger partial charge in [-0.1, -0.05) is 12.5 Å². The first-order valence-electron chi connectivity index (χ1n) is 7.23. The van der Waals surface area contributed by atoms with Gasteiger partial charge in [-0.05, 0) is 43.6 Å². The fourth-order valence-electron chi connectivity index (χ4n) is 2.67. The average molecular weight is 295 g/mol. The minimum Gasteiger partial charge on any atom is -0.480 e. The molecule has 1 fully saturated rings. The van der Waals surface area contributed by atoms with E-state index in [-0.39, 0.29) is 5.91 Å². The highest BCUT2D eigenvalue weighted by Gasteiger charge is 2.33. The SMILES string of the molecule is O=C(O)C1CCCN1C(=O)CCCCCc1cccs1. The summed E-state index contributed by atoms with van der Waals surface area (Å²) in [5.74, 6) is -0.862. The summed E-state index contributed by atoms with van der Waals surface area (Å²) in [7, 11) is 0. The number of carbonyl (C=O) groups excluding carboxylic acids is 1. The third kappa shape index (κ3) is 4.07. The van der Waals surface area contributed by atoms with Crippen LogP contribution in [0, 0.1) is 0 Å². The Balaban J connectivity index is 1.63. The molecule has 1 atom stereocenters. The molecular weight excluding hydrogens is 274 g/mol. The molecule has 1 aromatic rings. The number of hydrogen-bond acceptors (Lipinski definition) is 3. The number of rotatable bonds is 7. The summed E-state index contributed by atoms with van der Waals surface area (Å²) in [6.07, 6.45) is 5.93. The Labute approximate surface area is 123 Å². The van der Waals surface area contributed by atoms with Crippen LogP contribution in [0.1, 0.15) is 43.4 Å². The third-order valence-corrected chi connectivity index (χ3v) is 4.69. The minimum atomic E-state index is -0.867. The van der Waals surface area contributed by atoms with Crippen LogP contribution in [-0.4, -0.2) is 34.5 Å². The molecule has 0 aromatic carbocycles. The summed E-state index contributed by atoms with van der Waals surface area (Å²) in [5.41, 5.74) is 0. The normalized spacial score (nSPS) is 18.4. The van der Waals surface area contributed by atoms with Gasteiger partial charge in [-0.3, -0.25) is 4.79 Å². The molecule has 1 saturated heterocycles. The van der Waals surface area contributed by atoms with E-state index in [1.165, 1.54) is 4.88 Å². The zero-order chi connectivity index (χ0) is 14.4. The van der Waals surface area contributed by atoms with Gasteiger partial charge in [0.1, 0.15) is 6.04 Å². The van der Waals surface area contributed by atoms with Crippen LogP contribution in [-0.2, 0) is 16.0 Å². The number of hydrogen-bond donors (Lipinski definition) is 1. The highest BCUT2D eigenvalue weighted by atomic mass is 32.1. The molecule has 20 heavy (non-hydrogen) atoms. The Morgan fingerprint density at radius 2 is 2.20 bits per heavy atom. The number of amides is 1. The molecule has 4 nitrogen and oxygen atoms in total. The predicted octanol–water partition coefficient (Wildman–Crippen LogP) is 2.93. The van der Waals surface area contributed by atoms with Crippen LogP contribution in [0.25, 0.3) is 0 Å². The molecule has 1 aliphatic rings. The Kier molecular flexibility index (Phi) is 5.59. The van der Waals surface area contributed by atoms with Crippen molar-refractivity contribution < 1.29 is 14.7 Å². The van der Waals surface area contributed by atoms with Crippen LogP contribution in [0.5, 0.6) is 0 Å². The first kappa shape index (κ1) is 15.0. The van der Waals surface area contributed by atoms with E-state index in [4.69, 9.17) is 5.11 Å². The molecule has 1 amide bonds. The number of carboxylic acids is 1. The molecule has 1 N–H and O–H groups in total. The largest absolute Gasteiger partial charge is 0.480 e. The monoisotopic (exact) mass is 295 g/mol. The quantitative estimate of drug-likeness (QED) is 0.787. The molecule has 1 unspecified atom stereocenters. The lowest BCUT2D eigenvalue weighted by atomic mass is 10.1. The van der Waals surface area contributed by atoms with E-state index in [9.17, 15) is 9.59 Å². The molecule has 2 rings (SSSR count). The smallest absolute Gasteiger partial charge is 0.326 e. The highest BCUT2D eigenvalue weighted by Crippen LogP contribution is 2.19. The summed E-state index contributed by atoms with van der Waals surface area (Å²) in [4.78, 5) is 26.0. The summed E-state index contributed by atoms with van der Waals surface area (Å²) < 4.78 is 0. The van der Waals surface area contributed by atoms with Gasteiger partial charge in [-0.2, -0.15) is 0 Å². The van der Waals surface area contributed by atoms with Crippen molar-refractivity contribution >= 4 is 23.2 Å². The molecule has 0 spiro atoms. The molecule has 5 heteroatoms. The molecule has 2 heterocycles. The number of thiophene rings is 1. The van der Waals surface area contributed by atoms with E-state index in [0.717, 1.165) is 32.1 Å². The van der Waals surface area contributed by atoms with Crippen LogP contribution in [0.2, 0.25) is 0 Å². The van der Waals surface area contributed by atoms with Gasteiger partial charge < -0.3 is 10.0 Å². The van der Waals surface area contributed by atoms with Gasteiger partial charge in [-0.15, -0.1) is 11.3 Å². The minimum absolute atomic E-state index is 0.00558. The van der Waals surface area contributed by atoms with Crippen LogP contribution in [0.15, 0.2) is 17.5 Å². The maximum Gasteiger partial charge on any atom is 0.326 e. The Morgan fingerprint density at radius 1 is 1.35 bits per heavy atom. The second-order valence-corrected chi connectivity index (χ2v) is 6.26. The number of carbonyl (C=O) groups is 2. The summed E-state index contributed by atoms with van der Waals surface area (Å²) >= 11 is 1.77.